The molecule has 1 heterocycles. The summed E-state index contributed by atoms with van der Waals surface area (Å²) in [6.07, 6.45) is 4.14. The molecule has 2 heteroatoms. The Morgan fingerprint density at radius 1 is 0.941 bits per heavy atom. The van der Waals surface area contributed by atoms with Gasteiger partial charge in [-0.25, -0.2) is 0 Å². The second-order valence-corrected chi connectivity index (χ2v) is 4.22. The van der Waals surface area contributed by atoms with E-state index in [1.807, 2.05) is 12.1 Å². The molecule has 0 fully saturated rings. The van der Waals surface area contributed by atoms with Gasteiger partial charge in [-0.05, 0) is 42.9 Å². The third kappa shape index (κ3) is 2.98. The van der Waals surface area contributed by atoms with Gasteiger partial charge in [0.1, 0.15) is 0 Å². The maximum Gasteiger partial charge on any atom is 0.0449 e. The first kappa shape index (κ1) is 11.9. The number of rotatable bonds is 5. The molecule has 0 saturated heterocycles. The Morgan fingerprint density at radius 2 is 1.53 bits per heavy atom. The van der Waals surface area contributed by atoms with E-state index in [9.17, 15) is 0 Å². The van der Waals surface area contributed by atoms with Crippen LogP contribution in [0.15, 0.2) is 48.8 Å². The van der Waals surface area contributed by atoms with Gasteiger partial charge < -0.3 is 4.57 Å². The quantitative estimate of drug-likeness (QED) is 0.762. The van der Waals surface area contributed by atoms with E-state index in [0.29, 0.717) is 0 Å². The summed E-state index contributed by atoms with van der Waals surface area (Å²) in [4.78, 5) is 2.42. The predicted molar refractivity (Wildman–Crippen MR) is 72.4 cm³/mol. The molecule has 2 nitrogen and oxygen atoms in total. The van der Waals surface area contributed by atoms with E-state index >= 15 is 0 Å². The zero-order valence-corrected chi connectivity index (χ0v) is 10.6. The van der Waals surface area contributed by atoms with Crippen LogP contribution in [0.5, 0.6) is 0 Å². The largest absolute Gasteiger partial charge is 0.324 e. The summed E-state index contributed by atoms with van der Waals surface area (Å²) in [6.45, 7) is 7.67. The lowest BCUT2D eigenvalue weighted by Gasteiger charge is -2.18. The van der Waals surface area contributed by atoms with Crippen molar-refractivity contribution in [2.24, 2.45) is 0 Å². The van der Waals surface area contributed by atoms with Crippen molar-refractivity contribution in [2.75, 3.05) is 13.1 Å². The van der Waals surface area contributed by atoms with Gasteiger partial charge >= 0.3 is 0 Å². The average molecular weight is 228 g/mol. The second-order valence-electron chi connectivity index (χ2n) is 4.22. The fourth-order valence-corrected chi connectivity index (χ4v) is 1.99. The summed E-state index contributed by atoms with van der Waals surface area (Å²) in [6, 6.07) is 12.9. The lowest BCUT2D eigenvalue weighted by molar-refractivity contribution is 0.296. The Hall–Kier alpha value is -1.54. The molecule has 0 aliphatic heterocycles. The Kier molecular flexibility index (Phi) is 3.99. The van der Waals surface area contributed by atoms with Crippen molar-refractivity contribution in [3.8, 4) is 5.69 Å². The maximum absolute atomic E-state index is 2.42. The highest BCUT2D eigenvalue weighted by Crippen LogP contribution is 2.11. The lowest BCUT2D eigenvalue weighted by Crippen LogP contribution is -2.22. The first-order valence-electron chi connectivity index (χ1n) is 6.28. The van der Waals surface area contributed by atoms with Crippen LogP contribution in [-0.2, 0) is 6.54 Å². The summed E-state index contributed by atoms with van der Waals surface area (Å²) in [7, 11) is 0. The van der Waals surface area contributed by atoms with E-state index in [0.717, 1.165) is 19.6 Å². The minimum Gasteiger partial charge on any atom is -0.324 e. The highest BCUT2D eigenvalue weighted by molar-refractivity contribution is 5.35. The molecule has 1 aromatic heterocycles. The molecule has 0 bridgehead atoms. The number of aromatic nitrogens is 1. The summed E-state index contributed by atoms with van der Waals surface area (Å²) in [5.74, 6) is 0. The first-order chi connectivity index (χ1) is 8.33. The van der Waals surface area contributed by atoms with E-state index in [4.69, 9.17) is 0 Å². The summed E-state index contributed by atoms with van der Waals surface area (Å²) in [5.41, 5.74) is 2.60. The number of hydrogen-bond donors (Lipinski definition) is 0. The average Bonchev–Trinajstić information content (AvgIpc) is 2.90. The highest BCUT2D eigenvalue weighted by Gasteiger charge is 2.01. The van der Waals surface area contributed by atoms with Crippen LogP contribution in [-0.4, -0.2) is 22.6 Å². The van der Waals surface area contributed by atoms with Gasteiger partial charge in [0.2, 0.25) is 0 Å². The maximum atomic E-state index is 2.42. The summed E-state index contributed by atoms with van der Waals surface area (Å²) >= 11 is 0. The smallest absolute Gasteiger partial charge is 0.0449 e. The minimum atomic E-state index is 1.04. The van der Waals surface area contributed by atoms with Gasteiger partial charge in [-0.15, -0.1) is 0 Å². The van der Waals surface area contributed by atoms with Crippen LogP contribution < -0.4 is 0 Å². The lowest BCUT2D eigenvalue weighted by atomic mass is 10.2. The molecule has 0 unspecified atom stereocenters. The molecule has 0 aliphatic rings. The molecule has 2 aromatic rings. The van der Waals surface area contributed by atoms with Crippen LogP contribution in [0.2, 0.25) is 0 Å². The Balaban J connectivity index is 2.08. The Bertz CT molecular complexity index is 424. The molecule has 17 heavy (non-hydrogen) atoms. The van der Waals surface area contributed by atoms with Gasteiger partial charge in [-0.3, -0.25) is 4.90 Å². The molecular weight excluding hydrogens is 208 g/mol. The first-order valence-corrected chi connectivity index (χ1v) is 6.28. The van der Waals surface area contributed by atoms with Crippen molar-refractivity contribution in [1.82, 2.24) is 9.47 Å². The van der Waals surface area contributed by atoms with Crippen molar-refractivity contribution in [2.45, 2.75) is 20.4 Å². The van der Waals surface area contributed by atoms with Crippen molar-refractivity contribution >= 4 is 0 Å². The molecule has 0 atom stereocenters. The third-order valence-corrected chi connectivity index (χ3v) is 3.14. The fourth-order valence-electron chi connectivity index (χ4n) is 1.99. The topological polar surface area (TPSA) is 8.17 Å². The third-order valence-electron chi connectivity index (χ3n) is 3.14. The van der Waals surface area contributed by atoms with Gasteiger partial charge in [0.15, 0.2) is 0 Å². The van der Waals surface area contributed by atoms with Crippen LogP contribution in [0.25, 0.3) is 5.69 Å². The molecule has 2 rings (SSSR count). The number of benzene rings is 1. The zero-order valence-electron chi connectivity index (χ0n) is 10.6. The highest BCUT2D eigenvalue weighted by atomic mass is 15.1. The van der Waals surface area contributed by atoms with Gasteiger partial charge in [-0.1, -0.05) is 26.0 Å². The van der Waals surface area contributed by atoms with E-state index in [1.165, 1.54) is 11.3 Å². The molecule has 0 radical (unpaired) electrons. The molecule has 1 aromatic carbocycles. The molecular formula is C15H20N2. The zero-order chi connectivity index (χ0) is 12.1. The van der Waals surface area contributed by atoms with Gasteiger partial charge in [0.05, 0.1) is 0 Å². The molecule has 0 saturated carbocycles. The normalized spacial score (nSPS) is 11.0. The fraction of sp³-hybridized carbons (Fsp3) is 0.333. The minimum absolute atomic E-state index is 1.04. The monoisotopic (exact) mass is 228 g/mol. The van der Waals surface area contributed by atoms with Gasteiger partial charge in [0, 0.05) is 24.6 Å². The van der Waals surface area contributed by atoms with Crippen molar-refractivity contribution in [3.63, 3.8) is 0 Å². The van der Waals surface area contributed by atoms with Crippen molar-refractivity contribution in [3.05, 3.63) is 54.4 Å². The summed E-state index contributed by atoms with van der Waals surface area (Å²) < 4.78 is 2.13. The number of hydrogen-bond acceptors (Lipinski definition) is 1. The molecule has 0 spiro atoms. The van der Waals surface area contributed by atoms with Crippen molar-refractivity contribution < 1.29 is 0 Å². The van der Waals surface area contributed by atoms with Crippen LogP contribution in [0.4, 0.5) is 0 Å². The molecule has 0 N–H and O–H groups in total. The molecule has 0 aliphatic carbocycles. The van der Waals surface area contributed by atoms with Crippen LogP contribution >= 0.6 is 0 Å². The van der Waals surface area contributed by atoms with E-state index in [-0.39, 0.29) is 0 Å². The van der Waals surface area contributed by atoms with Gasteiger partial charge in [-0.2, -0.15) is 0 Å². The summed E-state index contributed by atoms with van der Waals surface area (Å²) in [5, 5.41) is 0. The Morgan fingerprint density at radius 3 is 2.06 bits per heavy atom. The molecule has 0 amide bonds. The van der Waals surface area contributed by atoms with E-state index < -0.39 is 0 Å². The van der Waals surface area contributed by atoms with E-state index in [1.54, 1.807) is 0 Å². The SMILES string of the molecule is CCN(CC)Cc1ccc(-n2cccc2)cc1. The van der Waals surface area contributed by atoms with Gasteiger partial charge in [0.25, 0.3) is 0 Å². The van der Waals surface area contributed by atoms with Crippen LogP contribution in [0, 0.1) is 0 Å². The van der Waals surface area contributed by atoms with Crippen LogP contribution in [0.3, 0.4) is 0 Å². The molecule has 90 valence electrons. The van der Waals surface area contributed by atoms with Crippen LogP contribution in [0.1, 0.15) is 19.4 Å². The standard InChI is InChI=1S/C15H20N2/c1-3-16(4-2)13-14-7-9-15(10-8-14)17-11-5-6-12-17/h5-12H,3-4,13H2,1-2H3. The van der Waals surface area contributed by atoms with Crippen molar-refractivity contribution in [1.29, 1.82) is 0 Å². The number of nitrogens with zero attached hydrogens (tertiary/aromatic N) is 2. The second kappa shape index (κ2) is 5.69. The van der Waals surface area contributed by atoms with E-state index in [2.05, 4.69) is 60.0 Å². The predicted octanol–water partition coefficient (Wildman–Crippen LogP) is 3.32. The Labute approximate surface area is 103 Å².